The molecule has 3 fully saturated rings. The van der Waals surface area contributed by atoms with E-state index in [9.17, 15) is 0 Å². The van der Waals surface area contributed by atoms with E-state index < -0.39 is 5.60 Å². The van der Waals surface area contributed by atoms with E-state index in [4.69, 9.17) is 21.3 Å². The lowest BCUT2D eigenvalue weighted by molar-refractivity contribution is -0.100. The number of rotatable bonds is 1. The molecule has 0 N–H and O–H groups in total. The van der Waals surface area contributed by atoms with Crippen molar-refractivity contribution in [3.8, 4) is 0 Å². The number of fused-ring (bicyclic) bond motifs is 4. The van der Waals surface area contributed by atoms with E-state index in [0.717, 1.165) is 41.8 Å². The van der Waals surface area contributed by atoms with E-state index >= 15 is 0 Å². The van der Waals surface area contributed by atoms with E-state index in [1.54, 1.807) is 0 Å². The van der Waals surface area contributed by atoms with Crippen molar-refractivity contribution in [3.05, 3.63) is 11.1 Å². The fourth-order valence-corrected chi connectivity index (χ4v) is 4.59. The van der Waals surface area contributed by atoms with Gasteiger partial charge in [0.15, 0.2) is 17.0 Å². The van der Waals surface area contributed by atoms with Crippen molar-refractivity contribution in [3.63, 3.8) is 0 Å². The van der Waals surface area contributed by atoms with Gasteiger partial charge in [-0.2, -0.15) is 9.97 Å². The van der Waals surface area contributed by atoms with Crippen LogP contribution in [-0.4, -0.2) is 38.2 Å². The highest BCUT2D eigenvalue weighted by Gasteiger charge is 2.45. The summed E-state index contributed by atoms with van der Waals surface area (Å²) in [6.07, 6.45) is 2.65. The Morgan fingerprint density at radius 1 is 1.17 bits per heavy atom. The van der Waals surface area contributed by atoms with Crippen molar-refractivity contribution in [1.29, 1.82) is 0 Å². The zero-order chi connectivity index (χ0) is 15.9. The summed E-state index contributed by atoms with van der Waals surface area (Å²) in [5, 5.41) is 0.302. The Hall–Kier alpha value is -1.40. The molecule has 23 heavy (non-hydrogen) atoms. The van der Waals surface area contributed by atoms with Gasteiger partial charge in [0.2, 0.25) is 5.28 Å². The molecule has 6 nitrogen and oxygen atoms in total. The highest BCUT2D eigenvalue weighted by molar-refractivity contribution is 6.28. The molecule has 1 atom stereocenters. The molecule has 2 saturated heterocycles. The fourth-order valence-electron chi connectivity index (χ4n) is 4.43. The summed E-state index contributed by atoms with van der Waals surface area (Å²) in [5.74, 6) is 2.62. The summed E-state index contributed by atoms with van der Waals surface area (Å²) in [6, 6.07) is 0.594. The van der Waals surface area contributed by atoms with E-state index in [2.05, 4.69) is 40.2 Å². The maximum absolute atomic E-state index is 6.25. The first kappa shape index (κ1) is 14.0. The minimum Gasteiger partial charge on any atom is -0.363 e. The molecular weight excluding hydrogens is 314 g/mol. The number of nitrogens with zero attached hydrogens (tertiary/aromatic N) is 5. The normalized spacial score (nSPS) is 31.3. The van der Waals surface area contributed by atoms with Crippen LogP contribution in [0.4, 0.5) is 5.82 Å². The van der Waals surface area contributed by atoms with E-state index in [1.165, 1.54) is 12.8 Å². The molecule has 6 rings (SSSR count). The Morgan fingerprint density at radius 3 is 2.65 bits per heavy atom. The molecule has 0 aromatic carbocycles. The molecule has 0 amide bonds. The molecule has 2 aromatic rings. The number of aromatic nitrogens is 4. The lowest BCUT2D eigenvalue weighted by atomic mass is 9.86. The topological polar surface area (TPSA) is 56.1 Å². The average Bonchev–Trinajstić information content (AvgIpc) is 3.08. The van der Waals surface area contributed by atoms with Crippen molar-refractivity contribution in [2.24, 2.45) is 5.92 Å². The van der Waals surface area contributed by atoms with Crippen LogP contribution in [-0.2, 0) is 16.9 Å². The molecule has 2 bridgehead atoms. The van der Waals surface area contributed by atoms with Gasteiger partial charge in [-0.05, 0) is 51.1 Å². The third-order valence-corrected chi connectivity index (χ3v) is 5.57. The molecule has 0 unspecified atom stereocenters. The minimum absolute atomic E-state index is 0.117. The van der Waals surface area contributed by atoms with Crippen LogP contribution in [0, 0.1) is 5.92 Å². The van der Waals surface area contributed by atoms with Gasteiger partial charge in [0.25, 0.3) is 0 Å². The molecular formula is C16H20ClN5O. The quantitative estimate of drug-likeness (QED) is 0.751. The van der Waals surface area contributed by atoms with E-state index in [1.807, 2.05) is 0 Å². The van der Waals surface area contributed by atoms with E-state index in [0.29, 0.717) is 11.3 Å². The largest absolute Gasteiger partial charge is 0.363 e. The second-order valence-electron chi connectivity index (χ2n) is 7.62. The van der Waals surface area contributed by atoms with Gasteiger partial charge in [0.05, 0.1) is 12.6 Å². The standard InChI is InChI=1S/C16H20ClN5O/c1-8-6-22-13-11(18-14(22)16(2,3)23-8)12(19-15(17)20-13)21-7-9-4-10(21)5-9/h8-10H,4-7H2,1-3H3/t8-,9?,10?/m1/s1. The van der Waals surface area contributed by atoms with E-state index in [-0.39, 0.29) is 6.10 Å². The molecule has 3 aliphatic heterocycles. The number of hydrogen-bond acceptors (Lipinski definition) is 5. The van der Waals surface area contributed by atoms with Crippen molar-refractivity contribution < 1.29 is 4.74 Å². The molecule has 5 heterocycles. The first-order chi connectivity index (χ1) is 10.9. The Labute approximate surface area is 139 Å². The number of hydrogen-bond donors (Lipinski definition) is 0. The molecule has 1 aliphatic carbocycles. The average molecular weight is 334 g/mol. The van der Waals surface area contributed by atoms with Gasteiger partial charge in [-0.1, -0.05) is 0 Å². The predicted octanol–water partition coefficient (Wildman–Crippen LogP) is 2.73. The van der Waals surface area contributed by atoms with Gasteiger partial charge in [0.1, 0.15) is 11.4 Å². The third-order valence-electron chi connectivity index (χ3n) is 5.40. The summed E-state index contributed by atoms with van der Waals surface area (Å²) < 4.78 is 8.23. The van der Waals surface area contributed by atoms with Crippen LogP contribution < -0.4 is 4.90 Å². The van der Waals surface area contributed by atoms with Gasteiger partial charge >= 0.3 is 0 Å². The molecule has 0 spiro atoms. The fraction of sp³-hybridized carbons (Fsp3) is 0.688. The van der Waals surface area contributed by atoms with Crippen LogP contribution in [0.1, 0.15) is 39.4 Å². The van der Waals surface area contributed by atoms with Crippen LogP contribution in [0.3, 0.4) is 0 Å². The first-order valence-corrected chi connectivity index (χ1v) is 8.69. The summed E-state index contributed by atoms with van der Waals surface area (Å²) >= 11 is 6.25. The number of imidazole rings is 1. The van der Waals surface area contributed by atoms with Crippen LogP contribution >= 0.6 is 11.6 Å². The SMILES string of the molecule is C[C@@H]1Cn2c(nc3c(N4CC5CC4C5)nc(Cl)nc32)C(C)(C)O1. The zero-order valence-electron chi connectivity index (χ0n) is 13.6. The first-order valence-electron chi connectivity index (χ1n) is 8.31. The van der Waals surface area contributed by atoms with Crippen LogP contribution in [0.15, 0.2) is 0 Å². The molecule has 122 valence electrons. The lowest BCUT2D eigenvalue weighted by Crippen LogP contribution is -2.38. The Kier molecular flexibility index (Phi) is 2.65. The summed E-state index contributed by atoms with van der Waals surface area (Å²) in [6.45, 7) is 8.00. The lowest BCUT2D eigenvalue weighted by Gasteiger charge is -2.34. The Bertz CT molecular complexity index is 810. The zero-order valence-corrected chi connectivity index (χ0v) is 14.3. The van der Waals surface area contributed by atoms with Crippen LogP contribution in [0.5, 0.6) is 0 Å². The van der Waals surface area contributed by atoms with Crippen molar-refractivity contribution in [1.82, 2.24) is 19.5 Å². The number of anilines is 1. The van der Waals surface area contributed by atoms with Crippen molar-refractivity contribution in [2.75, 3.05) is 11.4 Å². The second-order valence-corrected chi connectivity index (χ2v) is 7.95. The predicted molar refractivity (Wildman–Crippen MR) is 87.8 cm³/mol. The highest BCUT2D eigenvalue weighted by atomic mass is 35.5. The highest BCUT2D eigenvalue weighted by Crippen LogP contribution is 2.45. The van der Waals surface area contributed by atoms with Crippen molar-refractivity contribution in [2.45, 2.75) is 57.9 Å². The Balaban J connectivity index is 1.75. The monoisotopic (exact) mass is 333 g/mol. The van der Waals surface area contributed by atoms with Gasteiger partial charge in [-0.15, -0.1) is 0 Å². The molecule has 0 radical (unpaired) electrons. The molecule has 4 aliphatic rings. The number of ether oxygens (including phenoxy) is 1. The molecule has 2 aromatic heterocycles. The summed E-state index contributed by atoms with van der Waals surface area (Å²) in [5.41, 5.74) is 1.26. The van der Waals surface area contributed by atoms with Gasteiger partial charge in [-0.3, -0.25) is 0 Å². The van der Waals surface area contributed by atoms with Crippen LogP contribution in [0.2, 0.25) is 5.28 Å². The maximum atomic E-state index is 6.25. The second kappa shape index (κ2) is 4.36. The van der Waals surface area contributed by atoms with Crippen molar-refractivity contribution >= 4 is 28.6 Å². The maximum Gasteiger partial charge on any atom is 0.226 e. The number of halogens is 1. The molecule has 7 heteroatoms. The third kappa shape index (κ3) is 1.88. The summed E-state index contributed by atoms with van der Waals surface area (Å²) in [4.78, 5) is 16.3. The Morgan fingerprint density at radius 2 is 1.96 bits per heavy atom. The minimum atomic E-state index is -0.435. The smallest absolute Gasteiger partial charge is 0.226 e. The van der Waals surface area contributed by atoms with Gasteiger partial charge in [0, 0.05) is 12.6 Å². The van der Waals surface area contributed by atoms with Gasteiger partial charge < -0.3 is 14.2 Å². The van der Waals surface area contributed by atoms with Crippen LogP contribution in [0.25, 0.3) is 11.2 Å². The molecule has 1 saturated carbocycles. The van der Waals surface area contributed by atoms with Gasteiger partial charge in [-0.25, -0.2) is 4.98 Å². The summed E-state index contributed by atoms with van der Waals surface area (Å²) in [7, 11) is 0.